The molecule has 1 saturated carbocycles. The lowest BCUT2D eigenvalue weighted by Gasteiger charge is -2.42. The summed E-state index contributed by atoms with van der Waals surface area (Å²) in [5.41, 5.74) is 8.20. The fraction of sp³-hybridized carbons (Fsp3) is 0.400. The Kier molecular flexibility index (Phi) is 2.71. The number of para-hydroxylation sites is 1. The van der Waals surface area contributed by atoms with Crippen LogP contribution in [0.5, 0.6) is 0 Å². The zero-order valence-corrected chi connectivity index (χ0v) is 10.7. The van der Waals surface area contributed by atoms with Gasteiger partial charge in [0, 0.05) is 11.9 Å². The Morgan fingerprint density at radius 3 is 2.78 bits per heavy atom. The van der Waals surface area contributed by atoms with Crippen molar-refractivity contribution in [3.8, 4) is 0 Å². The number of aromatic nitrogens is 1. The van der Waals surface area contributed by atoms with Crippen molar-refractivity contribution < 1.29 is 0 Å². The van der Waals surface area contributed by atoms with Crippen LogP contribution in [0.25, 0.3) is 10.9 Å². The van der Waals surface area contributed by atoms with E-state index in [1.54, 1.807) is 0 Å². The van der Waals surface area contributed by atoms with Gasteiger partial charge in [-0.3, -0.25) is 0 Å². The number of nitrogens with two attached hydrogens (primary N) is 1. The molecular formula is C15H19N3. The van der Waals surface area contributed by atoms with E-state index in [9.17, 15) is 0 Å². The van der Waals surface area contributed by atoms with Gasteiger partial charge in [0.15, 0.2) is 0 Å². The van der Waals surface area contributed by atoms with E-state index in [2.05, 4.69) is 30.4 Å². The molecule has 3 nitrogen and oxygen atoms in total. The monoisotopic (exact) mass is 241 g/mol. The predicted octanol–water partition coefficient (Wildman–Crippen LogP) is 2.84. The van der Waals surface area contributed by atoms with Crippen LogP contribution in [0, 0.1) is 6.92 Å². The number of hydrogen-bond acceptors (Lipinski definition) is 3. The largest absolute Gasteiger partial charge is 0.363 e. The highest BCUT2D eigenvalue weighted by atomic mass is 15.1. The highest BCUT2D eigenvalue weighted by Gasteiger charge is 2.35. The van der Waals surface area contributed by atoms with Gasteiger partial charge in [0.1, 0.15) is 5.82 Å². The summed E-state index contributed by atoms with van der Waals surface area (Å²) in [6, 6.07) is 10.4. The van der Waals surface area contributed by atoms with Gasteiger partial charge in [-0.2, -0.15) is 0 Å². The van der Waals surface area contributed by atoms with Gasteiger partial charge >= 0.3 is 0 Å². The third kappa shape index (κ3) is 1.85. The van der Waals surface area contributed by atoms with Crippen LogP contribution in [-0.2, 0) is 0 Å². The van der Waals surface area contributed by atoms with Crippen LogP contribution < -0.4 is 11.1 Å². The molecule has 0 saturated heterocycles. The maximum atomic E-state index is 5.89. The number of nitrogens with zero attached hydrogens (tertiary/aromatic N) is 1. The molecule has 0 radical (unpaired) electrons. The van der Waals surface area contributed by atoms with Gasteiger partial charge in [-0.25, -0.2) is 4.98 Å². The number of nitrogens with one attached hydrogen (secondary N) is 1. The summed E-state index contributed by atoms with van der Waals surface area (Å²) in [7, 11) is 0. The van der Waals surface area contributed by atoms with Crippen LogP contribution >= 0.6 is 0 Å². The van der Waals surface area contributed by atoms with Crippen LogP contribution in [-0.4, -0.2) is 17.1 Å². The number of hydrogen-bond donors (Lipinski definition) is 2. The highest BCUT2D eigenvalue weighted by molar-refractivity contribution is 5.81. The third-order valence-corrected chi connectivity index (χ3v) is 4.00. The second-order valence-electron chi connectivity index (χ2n) is 5.31. The second-order valence-corrected chi connectivity index (χ2v) is 5.31. The molecule has 94 valence electrons. The van der Waals surface area contributed by atoms with Gasteiger partial charge in [0.05, 0.1) is 11.1 Å². The van der Waals surface area contributed by atoms with Gasteiger partial charge in [-0.1, -0.05) is 18.2 Å². The summed E-state index contributed by atoms with van der Waals surface area (Å²) in [5, 5.41) is 4.76. The SMILES string of the molecule is Cc1cc2ccccc2nc1NC1(CN)CCC1. The quantitative estimate of drug-likeness (QED) is 0.868. The van der Waals surface area contributed by atoms with Crippen molar-refractivity contribution in [2.75, 3.05) is 11.9 Å². The molecule has 0 atom stereocenters. The van der Waals surface area contributed by atoms with Crippen LogP contribution in [0.2, 0.25) is 0 Å². The average Bonchev–Trinajstić information content (AvgIpc) is 2.34. The molecule has 0 aliphatic heterocycles. The molecule has 0 unspecified atom stereocenters. The lowest BCUT2D eigenvalue weighted by atomic mass is 9.77. The van der Waals surface area contributed by atoms with E-state index in [1.165, 1.54) is 17.4 Å². The summed E-state index contributed by atoms with van der Waals surface area (Å²) in [6.07, 6.45) is 3.56. The van der Waals surface area contributed by atoms with Crippen molar-refractivity contribution in [1.29, 1.82) is 0 Å². The summed E-state index contributed by atoms with van der Waals surface area (Å²) < 4.78 is 0. The normalized spacial score (nSPS) is 17.4. The van der Waals surface area contributed by atoms with Crippen LogP contribution in [0.15, 0.2) is 30.3 Å². The molecule has 3 heteroatoms. The van der Waals surface area contributed by atoms with Gasteiger partial charge in [0.25, 0.3) is 0 Å². The van der Waals surface area contributed by atoms with Crippen LogP contribution in [0.1, 0.15) is 24.8 Å². The molecule has 1 aliphatic rings. The Balaban J connectivity index is 1.98. The van der Waals surface area contributed by atoms with E-state index in [0.717, 1.165) is 24.2 Å². The lowest BCUT2D eigenvalue weighted by Crippen LogP contribution is -2.51. The molecule has 1 heterocycles. The molecule has 2 aromatic rings. The summed E-state index contributed by atoms with van der Waals surface area (Å²) >= 11 is 0. The molecule has 0 amide bonds. The second kappa shape index (κ2) is 4.25. The first-order chi connectivity index (χ1) is 8.72. The zero-order valence-electron chi connectivity index (χ0n) is 10.7. The number of pyridine rings is 1. The van der Waals surface area contributed by atoms with E-state index < -0.39 is 0 Å². The number of benzene rings is 1. The van der Waals surface area contributed by atoms with E-state index in [4.69, 9.17) is 10.7 Å². The minimum absolute atomic E-state index is 0.0835. The molecule has 3 N–H and O–H groups in total. The lowest BCUT2D eigenvalue weighted by molar-refractivity contribution is 0.286. The molecule has 0 bridgehead atoms. The third-order valence-electron chi connectivity index (χ3n) is 4.00. The maximum Gasteiger partial charge on any atom is 0.130 e. The van der Waals surface area contributed by atoms with E-state index in [-0.39, 0.29) is 5.54 Å². The number of rotatable bonds is 3. The fourth-order valence-electron chi connectivity index (χ4n) is 2.58. The first-order valence-electron chi connectivity index (χ1n) is 6.57. The zero-order chi connectivity index (χ0) is 12.6. The first-order valence-corrected chi connectivity index (χ1v) is 6.57. The van der Waals surface area contributed by atoms with Crippen LogP contribution in [0.3, 0.4) is 0 Å². The molecule has 1 aromatic heterocycles. The van der Waals surface area contributed by atoms with Gasteiger partial charge in [-0.15, -0.1) is 0 Å². The Morgan fingerprint density at radius 1 is 1.33 bits per heavy atom. The van der Waals surface area contributed by atoms with Gasteiger partial charge in [-0.05, 0) is 43.9 Å². The van der Waals surface area contributed by atoms with Crippen molar-refractivity contribution in [1.82, 2.24) is 4.98 Å². The molecule has 18 heavy (non-hydrogen) atoms. The molecule has 1 aromatic carbocycles. The Labute approximate surface area is 107 Å². The fourth-order valence-corrected chi connectivity index (χ4v) is 2.58. The highest BCUT2D eigenvalue weighted by Crippen LogP contribution is 2.35. The number of aryl methyl sites for hydroxylation is 1. The smallest absolute Gasteiger partial charge is 0.130 e. The topological polar surface area (TPSA) is 50.9 Å². The van der Waals surface area contributed by atoms with Crippen LogP contribution in [0.4, 0.5) is 5.82 Å². The summed E-state index contributed by atoms with van der Waals surface area (Å²) in [5.74, 6) is 0.985. The molecular weight excluding hydrogens is 222 g/mol. The average molecular weight is 241 g/mol. The maximum absolute atomic E-state index is 5.89. The first kappa shape index (κ1) is 11.5. The standard InChI is InChI=1S/C15H19N3/c1-11-9-12-5-2-3-6-13(12)17-14(11)18-15(10-16)7-4-8-15/h2-3,5-6,9H,4,7-8,10,16H2,1H3,(H,17,18). The van der Waals surface area contributed by atoms with E-state index in [0.29, 0.717) is 6.54 Å². The van der Waals surface area contributed by atoms with Crippen molar-refractivity contribution in [3.63, 3.8) is 0 Å². The summed E-state index contributed by atoms with van der Waals surface area (Å²) in [4.78, 5) is 4.72. The van der Waals surface area contributed by atoms with Crippen molar-refractivity contribution in [2.24, 2.45) is 5.73 Å². The Morgan fingerprint density at radius 2 is 2.11 bits per heavy atom. The Bertz CT molecular complexity index is 567. The summed E-state index contributed by atoms with van der Waals surface area (Å²) in [6.45, 7) is 2.78. The molecule has 1 aliphatic carbocycles. The van der Waals surface area contributed by atoms with Gasteiger partial charge in [0.2, 0.25) is 0 Å². The predicted molar refractivity (Wildman–Crippen MR) is 75.7 cm³/mol. The van der Waals surface area contributed by atoms with Crippen molar-refractivity contribution in [3.05, 3.63) is 35.9 Å². The van der Waals surface area contributed by atoms with E-state index in [1.807, 2.05) is 12.1 Å². The van der Waals surface area contributed by atoms with E-state index >= 15 is 0 Å². The van der Waals surface area contributed by atoms with Gasteiger partial charge < -0.3 is 11.1 Å². The number of anilines is 1. The Hall–Kier alpha value is -1.61. The number of fused-ring (bicyclic) bond motifs is 1. The van der Waals surface area contributed by atoms with Crippen molar-refractivity contribution in [2.45, 2.75) is 31.7 Å². The van der Waals surface area contributed by atoms with Crippen molar-refractivity contribution >= 4 is 16.7 Å². The minimum Gasteiger partial charge on any atom is -0.363 e. The minimum atomic E-state index is 0.0835. The molecule has 1 fully saturated rings. The molecule has 0 spiro atoms. The molecule has 3 rings (SSSR count).